The maximum Gasteiger partial charge on any atom is 0.177 e. The van der Waals surface area contributed by atoms with Crippen molar-refractivity contribution in [3.63, 3.8) is 0 Å². The van der Waals surface area contributed by atoms with E-state index in [4.69, 9.17) is 12.2 Å². The zero-order valence-electron chi connectivity index (χ0n) is 11.0. The van der Waals surface area contributed by atoms with Crippen molar-refractivity contribution in [3.05, 3.63) is 41.3 Å². The number of imidazole rings is 1. The van der Waals surface area contributed by atoms with E-state index in [1.807, 2.05) is 12.3 Å². The lowest BCUT2D eigenvalue weighted by Gasteiger charge is -2.16. The molecule has 3 heteroatoms. The maximum absolute atomic E-state index is 5.41. The summed E-state index contributed by atoms with van der Waals surface area (Å²) in [6.07, 6.45) is 5.65. The highest BCUT2D eigenvalue weighted by Crippen LogP contribution is 2.25. The highest BCUT2D eigenvalue weighted by molar-refractivity contribution is 7.71. The topological polar surface area (TPSA) is 20.7 Å². The highest BCUT2D eigenvalue weighted by Gasteiger charge is 2.11. The first-order valence-electron chi connectivity index (χ1n) is 6.59. The van der Waals surface area contributed by atoms with Crippen molar-refractivity contribution in [2.45, 2.75) is 39.2 Å². The van der Waals surface area contributed by atoms with Crippen LogP contribution in [0.2, 0.25) is 0 Å². The van der Waals surface area contributed by atoms with Gasteiger partial charge < -0.3 is 9.55 Å². The lowest BCUT2D eigenvalue weighted by molar-refractivity contribution is 0.484. The summed E-state index contributed by atoms with van der Waals surface area (Å²) in [5, 5.41) is 0. The molecule has 1 heterocycles. The van der Waals surface area contributed by atoms with Gasteiger partial charge in [-0.1, -0.05) is 50.1 Å². The van der Waals surface area contributed by atoms with Gasteiger partial charge in [0.05, 0.1) is 5.69 Å². The summed E-state index contributed by atoms with van der Waals surface area (Å²) in [5.41, 5.74) is 2.40. The Morgan fingerprint density at radius 1 is 1.28 bits per heavy atom. The average molecular weight is 260 g/mol. The van der Waals surface area contributed by atoms with Crippen molar-refractivity contribution in [1.82, 2.24) is 9.55 Å². The molecule has 2 rings (SSSR count). The van der Waals surface area contributed by atoms with Gasteiger partial charge in [-0.25, -0.2) is 0 Å². The zero-order valence-corrected chi connectivity index (χ0v) is 11.8. The molecule has 0 aliphatic carbocycles. The van der Waals surface area contributed by atoms with Crippen LogP contribution in [-0.4, -0.2) is 9.55 Å². The molecule has 0 saturated carbocycles. The van der Waals surface area contributed by atoms with Crippen LogP contribution < -0.4 is 0 Å². The number of hydrogen-bond acceptors (Lipinski definition) is 1. The number of unbranched alkanes of at least 4 members (excludes halogenated alkanes) is 1. The number of nitrogens with one attached hydrogen (secondary N) is 1. The first kappa shape index (κ1) is 13.1. The number of hydrogen-bond donors (Lipinski definition) is 1. The SMILES string of the molecule is CCCCC(C)n1c(-c2ccccc2)c[nH]c1=S. The lowest BCUT2D eigenvalue weighted by Crippen LogP contribution is -2.06. The molecule has 2 nitrogen and oxygen atoms in total. The zero-order chi connectivity index (χ0) is 13.0. The molecule has 0 aliphatic rings. The minimum Gasteiger partial charge on any atom is -0.337 e. The van der Waals surface area contributed by atoms with Gasteiger partial charge in [0.15, 0.2) is 4.77 Å². The van der Waals surface area contributed by atoms with Gasteiger partial charge in [0.2, 0.25) is 0 Å². The van der Waals surface area contributed by atoms with E-state index >= 15 is 0 Å². The molecule has 0 fully saturated rings. The molecular formula is C15H20N2S. The van der Waals surface area contributed by atoms with Crippen LogP contribution in [0.3, 0.4) is 0 Å². The number of aromatic nitrogens is 2. The van der Waals surface area contributed by atoms with Crippen LogP contribution in [0.25, 0.3) is 11.3 Å². The van der Waals surface area contributed by atoms with Crippen LogP contribution >= 0.6 is 12.2 Å². The molecule has 0 radical (unpaired) electrons. The Labute approximate surface area is 114 Å². The highest BCUT2D eigenvalue weighted by atomic mass is 32.1. The van der Waals surface area contributed by atoms with Crippen molar-refractivity contribution >= 4 is 12.2 Å². The van der Waals surface area contributed by atoms with Gasteiger partial charge in [-0.3, -0.25) is 0 Å². The number of H-pyrrole nitrogens is 1. The standard InChI is InChI=1S/C15H20N2S/c1-3-4-8-12(2)17-14(11-16-15(17)18)13-9-6-5-7-10-13/h5-7,9-12H,3-4,8H2,1-2H3,(H,16,18). The molecule has 18 heavy (non-hydrogen) atoms. The third-order valence-corrected chi connectivity index (χ3v) is 3.61. The Hall–Kier alpha value is -1.35. The number of aromatic amines is 1. The summed E-state index contributed by atoms with van der Waals surface area (Å²) in [7, 11) is 0. The molecule has 0 spiro atoms. The second kappa shape index (κ2) is 6.01. The Morgan fingerprint density at radius 3 is 2.67 bits per heavy atom. The molecule has 2 aromatic rings. The predicted molar refractivity (Wildman–Crippen MR) is 79.3 cm³/mol. The number of rotatable bonds is 5. The van der Waals surface area contributed by atoms with Gasteiger partial charge in [0.25, 0.3) is 0 Å². The molecule has 1 atom stereocenters. The van der Waals surface area contributed by atoms with Crippen molar-refractivity contribution in [1.29, 1.82) is 0 Å². The Kier molecular flexibility index (Phi) is 4.37. The van der Waals surface area contributed by atoms with Crippen molar-refractivity contribution in [3.8, 4) is 11.3 Å². The first-order chi connectivity index (χ1) is 8.74. The Morgan fingerprint density at radius 2 is 2.00 bits per heavy atom. The summed E-state index contributed by atoms with van der Waals surface area (Å²) >= 11 is 5.41. The average Bonchev–Trinajstić information content (AvgIpc) is 2.79. The van der Waals surface area contributed by atoms with E-state index in [0.29, 0.717) is 6.04 Å². The molecule has 1 N–H and O–H groups in total. The minimum atomic E-state index is 0.443. The molecule has 0 amide bonds. The minimum absolute atomic E-state index is 0.443. The summed E-state index contributed by atoms with van der Waals surface area (Å²) < 4.78 is 3.05. The fraction of sp³-hybridized carbons (Fsp3) is 0.400. The molecule has 1 aromatic heterocycles. The third-order valence-electron chi connectivity index (χ3n) is 3.30. The van der Waals surface area contributed by atoms with E-state index < -0.39 is 0 Å². The number of nitrogens with zero attached hydrogens (tertiary/aromatic N) is 1. The lowest BCUT2D eigenvalue weighted by atomic mass is 10.1. The van der Waals surface area contributed by atoms with E-state index in [1.165, 1.54) is 30.5 Å². The van der Waals surface area contributed by atoms with E-state index in [-0.39, 0.29) is 0 Å². The second-order valence-corrected chi connectivity index (χ2v) is 5.09. The molecular weight excluding hydrogens is 240 g/mol. The van der Waals surface area contributed by atoms with Crippen molar-refractivity contribution in [2.24, 2.45) is 0 Å². The smallest absolute Gasteiger partial charge is 0.177 e. The van der Waals surface area contributed by atoms with Crippen LogP contribution in [0, 0.1) is 4.77 Å². The summed E-state index contributed by atoms with van der Waals surface area (Å²) in [6, 6.07) is 10.9. The normalized spacial score (nSPS) is 12.6. The summed E-state index contributed by atoms with van der Waals surface area (Å²) in [6.45, 7) is 4.47. The first-order valence-corrected chi connectivity index (χ1v) is 7.00. The van der Waals surface area contributed by atoms with Gasteiger partial charge in [-0.15, -0.1) is 0 Å². The van der Waals surface area contributed by atoms with Crippen molar-refractivity contribution in [2.75, 3.05) is 0 Å². The predicted octanol–water partition coefficient (Wildman–Crippen LogP) is 4.96. The number of benzene rings is 1. The third kappa shape index (κ3) is 2.72. The van der Waals surface area contributed by atoms with Gasteiger partial charge in [0.1, 0.15) is 0 Å². The quantitative estimate of drug-likeness (QED) is 0.753. The summed E-state index contributed by atoms with van der Waals surface area (Å²) in [5.74, 6) is 0. The van der Waals surface area contributed by atoms with Crippen LogP contribution in [0.4, 0.5) is 0 Å². The molecule has 1 unspecified atom stereocenters. The maximum atomic E-state index is 5.41. The molecule has 0 saturated heterocycles. The Balaban J connectivity index is 2.36. The fourth-order valence-electron chi connectivity index (χ4n) is 2.28. The monoisotopic (exact) mass is 260 g/mol. The van der Waals surface area contributed by atoms with E-state index in [1.54, 1.807) is 0 Å². The second-order valence-electron chi connectivity index (χ2n) is 4.71. The van der Waals surface area contributed by atoms with Gasteiger partial charge >= 0.3 is 0 Å². The van der Waals surface area contributed by atoms with Crippen molar-refractivity contribution < 1.29 is 0 Å². The van der Waals surface area contributed by atoms with Crippen LogP contribution in [0.15, 0.2) is 36.5 Å². The molecule has 0 aliphatic heterocycles. The molecule has 0 bridgehead atoms. The van der Waals surface area contributed by atoms with Crippen LogP contribution in [0.5, 0.6) is 0 Å². The molecule has 1 aromatic carbocycles. The fourth-order valence-corrected chi connectivity index (χ4v) is 2.61. The molecule has 96 valence electrons. The van der Waals surface area contributed by atoms with E-state index in [0.717, 1.165) is 4.77 Å². The van der Waals surface area contributed by atoms with Gasteiger partial charge in [-0.2, -0.15) is 0 Å². The van der Waals surface area contributed by atoms with E-state index in [2.05, 4.69) is 47.7 Å². The Bertz CT molecular complexity index is 539. The summed E-state index contributed by atoms with van der Waals surface area (Å²) in [4.78, 5) is 3.17. The van der Waals surface area contributed by atoms with Gasteiger partial charge in [-0.05, 0) is 31.1 Å². The van der Waals surface area contributed by atoms with Crippen LogP contribution in [-0.2, 0) is 0 Å². The largest absolute Gasteiger partial charge is 0.337 e. The van der Waals surface area contributed by atoms with Crippen LogP contribution in [0.1, 0.15) is 39.2 Å². The van der Waals surface area contributed by atoms with Gasteiger partial charge in [0, 0.05) is 12.2 Å². The van der Waals surface area contributed by atoms with E-state index in [9.17, 15) is 0 Å².